The van der Waals surface area contributed by atoms with Gasteiger partial charge in [-0.15, -0.1) is 0 Å². The fourth-order valence-electron chi connectivity index (χ4n) is 3.44. The molecule has 136 valence electrons. The van der Waals surface area contributed by atoms with Gasteiger partial charge in [-0.05, 0) is 36.2 Å². The van der Waals surface area contributed by atoms with Crippen molar-refractivity contribution in [1.82, 2.24) is 14.5 Å². The maximum absolute atomic E-state index is 12.0. The normalized spacial score (nSPS) is 13.5. The Morgan fingerprint density at radius 3 is 2.44 bits per heavy atom. The molecule has 0 saturated heterocycles. The largest absolute Gasteiger partial charge is 0.481 e. The molecule has 4 rings (SSSR count). The van der Waals surface area contributed by atoms with Gasteiger partial charge in [0.25, 0.3) is 0 Å². The van der Waals surface area contributed by atoms with Crippen LogP contribution in [0.5, 0.6) is 5.88 Å². The van der Waals surface area contributed by atoms with Gasteiger partial charge >= 0.3 is 0 Å². The van der Waals surface area contributed by atoms with E-state index >= 15 is 0 Å². The summed E-state index contributed by atoms with van der Waals surface area (Å²) in [4.78, 5) is 9.07. The standard InChI is InChI=1S/C22H21N3O2/c1-15-9-11-18-19(13-15)25(2)21(24-18)22(26,16-7-5-4-6-8-16)17-10-12-20(27-3)23-14-17/h4-14,26H,1-3H3. The number of imidazole rings is 1. The second kappa shape index (κ2) is 6.52. The molecule has 2 aromatic heterocycles. The lowest BCUT2D eigenvalue weighted by atomic mass is 9.86. The first-order valence-electron chi connectivity index (χ1n) is 8.76. The average molecular weight is 359 g/mol. The highest BCUT2D eigenvalue weighted by Gasteiger charge is 2.38. The fraction of sp³-hybridized carbons (Fsp3) is 0.182. The van der Waals surface area contributed by atoms with Crippen LogP contribution in [0.15, 0.2) is 66.9 Å². The van der Waals surface area contributed by atoms with E-state index in [1.54, 1.807) is 19.4 Å². The molecule has 2 aromatic carbocycles. The zero-order chi connectivity index (χ0) is 19.0. The van der Waals surface area contributed by atoms with Crippen molar-refractivity contribution in [2.75, 3.05) is 7.11 Å². The van der Waals surface area contributed by atoms with Crippen LogP contribution >= 0.6 is 0 Å². The van der Waals surface area contributed by atoms with E-state index in [1.165, 1.54) is 0 Å². The molecule has 4 aromatic rings. The highest BCUT2D eigenvalue weighted by atomic mass is 16.5. The van der Waals surface area contributed by atoms with E-state index < -0.39 is 5.60 Å². The Labute approximate surface area is 157 Å². The molecule has 27 heavy (non-hydrogen) atoms. The van der Waals surface area contributed by atoms with Gasteiger partial charge in [-0.25, -0.2) is 9.97 Å². The highest BCUT2D eigenvalue weighted by Crippen LogP contribution is 2.37. The van der Waals surface area contributed by atoms with Crippen molar-refractivity contribution in [2.45, 2.75) is 12.5 Å². The number of hydrogen-bond donors (Lipinski definition) is 1. The van der Waals surface area contributed by atoms with E-state index in [2.05, 4.69) is 11.1 Å². The van der Waals surface area contributed by atoms with Gasteiger partial charge in [0.15, 0.2) is 11.4 Å². The summed E-state index contributed by atoms with van der Waals surface area (Å²) in [6.07, 6.45) is 1.64. The quantitative estimate of drug-likeness (QED) is 0.605. The number of nitrogens with zero attached hydrogens (tertiary/aromatic N) is 3. The summed E-state index contributed by atoms with van der Waals surface area (Å²) in [6.45, 7) is 2.04. The average Bonchev–Trinajstić information content (AvgIpc) is 3.04. The number of aliphatic hydroxyl groups is 1. The fourth-order valence-corrected chi connectivity index (χ4v) is 3.44. The number of methoxy groups -OCH3 is 1. The SMILES string of the molecule is COc1ccc(C(O)(c2ccccc2)c2nc3ccc(C)cc3n2C)cn1. The minimum Gasteiger partial charge on any atom is -0.481 e. The third-order valence-corrected chi connectivity index (χ3v) is 4.91. The molecule has 5 nitrogen and oxygen atoms in total. The van der Waals surface area contributed by atoms with Crippen LogP contribution in [0.4, 0.5) is 0 Å². The third kappa shape index (κ3) is 2.76. The molecular formula is C22H21N3O2. The van der Waals surface area contributed by atoms with Crippen molar-refractivity contribution < 1.29 is 9.84 Å². The van der Waals surface area contributed by atoms with Crippen LogP contribution in [-0.4, -0.2) is 26.8 Å². The zero-order valence-corrected chi connectivity index (χ0v) is 15.5. The van der Waals surface area contributed by atoms with E-state index in [1.807, 2.05) is 67.1 Å². The number of fused-ring (bicyclic) bond motifs is 1. The first kappa shape index (κ1) is 17.2. The molecule has 2 heterocycles. The molecule has 0 aliphatic heterocycles. The molecule has 5 heteroatoms. The van der Waals surface area contributed by atoms with Crippen LogP contribution in [0.1, 0.15) is 22.5 Å². The third-order valence-electron chi connectivity index (χ3n) is 4.91. The molecule has 0 aliphatic carbocycles. The van der Waals surface area contributed by atoms with Crippen molar-refractivity contribution in [3.05, 3.63) is 89.4 Å². The molecule has 1 N–H and O–H groups in total. The minimum absolute atomic E-state index is 0.495. The molecule has 0 fully saturated rings. The summed E-state index contributed by atoms with van der Waals surface area (Å²) in [5.41, 5.74) is 2.88. The summed E-state index contributed by atoms with van der Waals surface area (Å²) >= 11 is 0. The van der Waals surface area contributed by atoms with Crippen LogP contribution in [0.3, 0.4) is 0 Å². The summed E-state index contributed by atoms with van der Waals surface area (Å²) in [7, 11) is 3.49. The number of hydrogen-bond acceptors (Lipinski definition) is 4. The number of aromatic nitrogens is 3. The van der Waals surface area contributed by atoms with Crippen molar-refractivity contribution in [1.29, 1.82) is 0 Å². The predicted molar refractivity (Wildman–Crippen MR) is 105 cm³/mol. The summed E-state index contributed by atoms with van der Waals surface area (Å²) < 4.78 is 7.11. The van der Waals surface area contributed by atoms with Crippen LogP contribution in [0.2, 0.25) is 0 Å². The Kier molecular flexibility index (Phi) is 4.16. The molecule has 0 saturated carbocycles. The molecule has 0 bridgehead atoms. The van der Waals surface area contributed by atoms with Gasteiger partial charge < -0.3 is 14.4 Å². The van der Waals surface area contributed by atoms with Gasteiger partial charge in [-0.1, -0.05) is 36.4 Å². The summed E-state index contributed by atoms with van der Waals surface area (Å²) in [5, 5.41) is 12.0. The highest BCUT2D eigenvalue weighted by molar-refractivity contribution is 5.77. The van der Waals surface area contributed by atoms with E-state index in [4.69, 9.17) is 9.72 Å². The first-order chi connectivity index (χ1) is 13.0. The predicted octanol–water partition coefficient (Wildman–Crippen LogP) is 3.57. The van der Waals surface area contributed by atoms with Crippen molar-refractivity contribution >= 4 is 11.0 Å². The first-order valence-corrected chi connectivity index (χ1v) is 8.76. The Bertz CT molecular complexity index is 1090. The van der Waals surface area contributed by atoms with E-state index in [-0.39, 0.29) is 0 Å². The summed E-state index contributed by atoms with van der Waals surface area (Å²) in [5.74, 6) is 1.04. The molecule has 0 spiro atoms. The Balaban J connectivity index is 2.00. The van der Waals surface area contributed by atoms with E-state index in [0.717, 1.165) is 22.2 Å². The van der Waals surface area contributed by atoms with Crippen molar-refractivity contribution in [3.63, 3.8) is 0 Å². The molecule has 1 atom stereocenters. The van der Waals surface area contributed by atoms with Gasteiger partial charge in [-0.3, -0.25) is 0 Å². The smallest absolute Gasteiger partial charge is 0.212 e. The topological polar surface area (TPSA) is 60.2 Å². The zero-order valence-electron chi connectivity index (χ0n) is 15.5. The molecule has 1 unspecified atom stereocenters. The second-order valence-electron chi connectivity index (χ2n) is 6.65. The molecule has 0 radical (unpaired) electrons. The van der Waals surface area contributed by atoms with Gasteiger partial charge in [0, 0.05) is 24.9 Å². The lowest BCUT2D eigenvalue weighted by Crippen LogP contribution is -2.32. The van der Waals surface area contributed by atoms with E-state index in [9.17, 15) is 5.11 Å². The van der Waals surface area contributed by atoms with Crippen LogP contribution in [0.25, 0.3) is 11.0 Å². The van der Waals surface area contributed by atoms with Gasteiger partial charge in [0.05, 0.1) is 18.1 Å². The Morgan fingerprint density at radius 1 is 1.00 bits per heavy atom. The second-order valence-corrected chi connectivity index (χ2v) is 6.65. The number of ether oxygens (including phenoxy) is 1. The van der Waals surface area contributed by atoms with Gasteiger partial charge in [0.2, 0.25) is 5.88 Å². The Hall–Kier alpha value is -3.18. The van der Waals surface area contributed by atoms with E-state index in [0.29, 0.717) is 17.3 Å². The lowest BCUT2D eigenvalue weighted by Gasteiger charge is -2.28. The Morgan fingerprint density at radius 2 is 1.78 bits per heavy atom. The minimum atomic E-state index is -1.44. The molecule has 0 aliphatic rings. The van der Waals surface area contributed by atoms with Crippen molar-refractivity contribution in [2.24, 2.45) is 7.05 Å². The van der Waals surface area contributed by atoms with Gasteiger partial charge in [0.1, 0.15) is 0 Å². The van der Waals surface area contributed by atoms with Crippen LogP contribution in [-0.2, 0) is 12.6 Å². The van der Waals surface area contributed by atoms with Crippen LogP contribution in [0, 0.1) is 6.92 Å². The number of rotatable bonds is 4. The van der Waals surface area contributed by atoms with Crippen LogP contribution < -0.4 is 4.74 Å². The number of benzene rings is 2. The maximum Gasteiger partial charge on any atom is 0.212 e. The van der Waals surface area contributed by atoms with Crippen molar-refractivity contribution in [3.8, 4) is 5.88 Å². The number of pyridine rings is 1. The van der Waals surface area contributed by atoms with Gasteiger partial charge in [-0.2, -0.15) is 0 Å². The monoisotopic (exact) mass is 359 g/mol. The maximum atomic E-state index is 12.0. The lowest BCUT2D eigenvalue weighted by molar-refractivity contribution is 0.112. The number of aryl methyl sites for hydroxylation is 2. The molecular weight excluding hydrogens is 338 g/mol. The molecule has 0 amide bonds. The summed E-state index contributed by atoms with van der Waals surface area (Å²) in [6, 6.07) is 19.2.